The average Bonchev–Trinajstić information content (AvgIpc) is 2.54. The normalized spacial score (nSPS) is 20.6. The molecule has 2 aliphatic rings. The third kappa shape index (κ3) is 3.99. The van der Waals surface area contributed by atoms with Crippen LogP contribution < -0.4 is 15.2 Å². The van der Waals surface area contributed by atoms with E-state index in [1.807, 2.05) is 6.07 Å². The van der Waals surface area contributed by atoms with Crippen molar-refractivity contribution >= 4 is 5.82 Å². The Morgan fingerprint density at radius 3 is 2.91 bits per heavy atom. The van der Waals surface area contributed by atoms with Crippen molar-refractivity contribution in [2.45, 2.75) is 32.5 Å². The number of nitrogens with one attached hydrogen (secondary N) is 3. The minimum absolute atomic E-state index is 0.160. The third-order valence-corrected chi connectivity index (χ3v) is 4.57. The van der Waals surface area contributed by atoms with Crippen molar-refractivity contribution in [3.8, 4) is 6.07 Å². The molecular formula is C17H26N4O2+2. The highest BCUT2D eigenvalue weighted by atomic mass is 16.5. The molecule has 0 bridgehead atoms. The van der Waals surface area contributed by atoms with Crippen LogP contribution in [0.3, 0.4) is 0 Å². The number of anilines is 1. The van der Waals surface area contributed by atoms with Crippen LogP contribution in [0.15, 0.2) is 6.07 Å². The Hall–Kier alpha value is -1.68. The molecule has 2 aliphatic heterocycles. The fourth-order valence-corrected chi connectivity index (χ4v) is 3.17. The minimum atomic E-state index is -0.160. The summed E-state index contributed by atoms with van der Waals surface area (Å²) in [5.74, 6) is 0.830. The average molecular weight is 318 g/mol. The van der Waals surface area contributed by atoms with Crippen LogP contribution in [-0.2, 0) is 22.5 Å². The number of nitrogens with zero attached hydrogens (tertiary/aromatic N) is 1. The number of ether oxygens (including phenoxy) is 2. The molecule has 1 aromatic heterocycles. The van der Waals surface area contributed by atoms with Gasteiger partial charge in [0.1, 0.15) is 43.5 Å². The second-order valence-electron chi connectivity index (χ2n) is 6.94. The van der Waals surface area contributed by atoms with Gasteiger partial charge in [-0.3, -0.25) is 5.32 Å². The van der Waals surface area contributed by atoms with E-state index in [-0.39, 0.29) is 5.60 Å². The Morgan fingerprint density at radius 1 is 1.39 bits per heavy atom. The summed E-state index contributed by atoms with van der Waals surface area (Å²) >= 11 is 0. The summed E-state index contributed by atoms with van der Waals surface area (Å²) in [5.41, 5.74) is 2.75. The number of nitriles is 1. The molecule has 1 fully saturated rings. The van der Waals surface area contributed by atoms with E-state index in [0.29, 0.717) is 12.2 Å². The molecule has 0 atom stereocenters. The number of rotatable bonds is 4. The molecule has 0 saturated carbocycles. The number of aromatic nitrogens is 1. The molecule has 0 aliphatic carbocycles. The molecule has 23 heavy (non-hydrogen) atoms. The van der Waals surface area contributed by atoms with E-state index in [1.54, 1.807) is 4.90 Å². The molecule has 0 radical (unpaired) electrons. The second-order valence-corrected chi connectivity index (χ2v) is 6.94. The van der Waals surface area contributed by atoms with Gasteiger partial charge in [-0.05, 0) is 19.9 Å². The van der Waals surface area contributed by atoms with Gasteiger partial charge >= 0.3 is 0 Å². The molecule has 3 heterocycles. The first-order chi connectivity index (χ1) is 11.1. The minimum Gasteiger partial charge on any atom is -0.370 e. The first-order valence-corrected chi connectivity index (χ1v) is 8.35. The van der Waals surface area contributed by atoms with Gasteiger partial charge < -0.3 is 14.4 Å². The van der Waals surface area contributed by atoms with Gasteiger partial charge in [0.05, 0.1) is 25.4 Å². The van der Waals surface area contributed by atoms with E-state index in [0.717, 1.165) is 57.2 Å². The molecule has 1 saturated heterocycles. The summed E-state index contributed by atoms with van der Waals surface area (Å²) in [6.45, 7) is 10.4. The fourth-order valence-electron chi connectivity index (χ4n) is 3.17. The van der Waals surface area contributed by atoms with E-state index < -0.39 is 0 Å². The van der Waals surface area contributed by atoms with Crippen molar-refractivity contribution in [3.63, 3.8) is 0 Å². The second kappa shape index (κ2) is 6.83. The summed E-state index contributed by atoms with van der Waals surface area (Å²) < 4.78 is 11.2. The van der Waals surface area contributed by atoms with Crippen molar-refractivity contribution in [2.24, 2.45) is 0 Å². The van der Waals surface area contributed by atoms with E-state index in [4.69, 9.17) is 9.47 Å². The standard InChI is InChI=1S/C17H24N4O2/c1-17(2)10-15-14(12-23-17)9-13(11-18)16(20-15)19-3-4-21-5-7-22-8-6-21/h9H,3-8,10,12H2,1-2H3,(H,19,20)/p+2. The van der Waals surface area contributed by atoms with E-state index in [1.165, 1.54) is 5.69 Å². The van der Waals surface area contributed by atoms with Crippen LogP contribution in [0.25, 0.3) is 0 Å². The van der Waals surface area contributed by atoms with Crippen LogP contribution in [0, 0.1) is 11.3 Å². The lowest BCUT2D eigenvalue weighted by Gasteiger charge is -2.30. The molecular weight excluding hydrogens is 292 g/mol. The third-order valence-electron chi connectivity index (χ3n) is 4.57. The van der Waals surface area contributed by atoms with E-state index >= 15 is 0 Å². The van der Waals surface area contributed by atoms with Crippen molar-refractivity contribution in [2.75, 3.05) is 44.7 Å². The number of hydrogen-bond acceptors (Lipinski definition) is 4. The number of quaternary nitrogens is 1. The van der Waals surface area contributed by atoms with Gasteiger partial charge in [-0.1, -0.05) is 0 Å². The lowest BCUT2D eigenvalue weighted by atomic mass is 9.95. The fraction of sp³-hybridized carbons (Fsp3) is 0.647. The maximum atomic E-state index is 9.40. The van der Waals surface area contributed by atoms with Gasteiger partial charge in [0.2, 0.25) is 0 Å². The number of morpholine rings is 1. The number of H-pyrrole nitrogens is 1. The molecule has 0 spiro atoms. The molecule has 6 heteroatoms. The van der Waals surface area contributed by atoms with Crippen LogP contribution in [0.5, 0.6) is 0 Å². The first kappa shape index (κ1) is 16.2. The van der Waals surface area contributed by atoms with Gasteiger partial charge in [-0.25, -0.2) is 4.98 Å². The monoisotopic (exact) mass is 318 g/mol. The zero-order valence-corrected chi connectivity index (χ0v) is 14.0. The SMILES string of the molecule is CC1(C)Cc2[nH+]c(NCC[NH+]3CCOCC3)c(C#N)cc2CO1. The van der Waals surface area contributed by atoms with Crippen LogP contribution in [0.4, 0.5) is 5.82 Å². The summed E-state index contributed by atoms with van der Waals surface area (Å²) in [6, 6.07) is 4.23. The summed E-state index contributed by atoms with van der Waals surface area (Å²) in [5, 5.41) is 12.8. The molecule has 6 nitrogen and oxygen atoms in total. The highest BCUT2D eigenvalue weighted by molar-refractivity contribution is 5.50. The summed E-state index contributed by atoms with van der Waals surface area (Å²) in [4.78, 5) is 4.98. The topological polar surface area (TPSA) is 72.9 Å². The Balaban J connectivity index is 1.67. The van der Waals surface area contributed by atoms with Gasteiger partial charge in [-0.2, -0.15) is 5.26 Å². The van der Waals surface area contributed by atoms with Crippen molar-refractivity contribution in [1.29, 1.82) is 5.26 Å². The Bertz CT molecular complexity index is 603. The number of hydrogen-bond donors (Lipinski definition) is 2. The van der Waals surface area contributed by atoms with Crippen LogP contribution in [0.2, 0.25) is 0 Å². The first-order valence-electron chi connectivity index (χ1n) is 8.35. The summed E-state index contributed by atoms with van der Waals surface area (Å²) in [6.07, 6.45) is 0.831. The van der Waals surface area contributed by atoms with Gasteiger partial charge in [0, 0.05) is 12.0 Å². The lowest BCUT2D eigenvalue weighted by Crippen LogP contribution is -3.14. The maximum absolute atomic E-state index is 9.40. The zero-order chi connectivity index (χ0) is 16.3. The predicted octanol–water partition coefficient (Wildman–Crippen LogP) is -0.449. The maximum Gasteiger partial charge on any atom is 0.290 e. The Labute approximate surface area is 137 Å². The highest BCUT2D eigenvalue weighted by Gasteiger charge is 2.30. The number of pyridine rings is 1. The van der Waals surface area contributed by atoms with Gasteiger partial charge in [-0.15, -0.1) is 0 Å². The number of aromatic amines is 1. The molecule has 0 unspecified atom stereocenters. The van der Waals surface area contributed by atoms with E-state index in [9.17, 15) is 5.26 Å². The molecule has 0 aromatic carbocycles. The summed E-state index contributed by atoms with van der Waals surface area (Å²) in [7, 11) is 0. The molecule has 124 valence electrons. The molecule has 0 amide bonds. The Morgan fingerprint density at radius 2 is 2.17 bits per heavy atom. The van der Waals surface area contributed by atoms with Crippen LogP contribution >= 0.6 is 0 Å². The van der Waals surface area contributed by atoms with Gasteiger partial charge in [0.15, 0.2) is 0 Å². The molecule has 3 rings (SSSR count). The van der Waals surface area contributed by atoms with Crippen molar-refractivity contribution in [3.05, 3.63) is 22.9 Å². The quantitative estimate of drug-likeness (QED) is 0.789. The predicted molar refractivity (Wildman–Crippen MR) is 85.2 cm³/mol. The van der Waals surface area contributed by atoms with E-state index in [2.05, 4.69) is 30.2 Å². The Kier molecular flexibility index (Phi) is 4.81. The van der Waals surface area contributed by atoms with Crippen LogP contribution in [-0.4, -0.2) is 45.0 Å². The largest absolute Gasteiger partial charge is 0.370 e. The van der Waals surface area contributed by atoms with Crippen molar-refractivity contribution in [1.82, 2.24) is 0 Å². The molecule has 3 N–H and O–H groups in total. The van der Waals surface area contributed by atoms with Gasteiger partial charge in [0.25, 0.3) is 5.82 Å². The smallest absolute Gasteiger partial charge is 0.290 e. The lowest BCUT2D eigenvalue weighted by molar-refractivity contribution is -0.906. The van der Waals surface area contributed by atoms with Crippen LogP contribution in [0.1, 0.15) is 30.7 Å². The highest BCUT2D eigenvalue weighted by Crippen LogP contribution is 2.26. The number of fused-ring (bicyclic) bond motifs is 1. The molecule has 1 aromatic rings. The zero-order valence-electron chi connectivity index (χ0n) is 14.0. The van der Waals surface area contributed by atoms with Crippen molar-refractivity contribution < 1.29 is 19.4 Å².